The smallest absolute Gasteiger partial charge is 0.317 e. The SMILES string of the molecule is Cc1nc(C2CC3(CCN(C(=O)NCCc4ccccc4)CC3)CN2C)no1. The van der Waals surface area contributed by atoms with Crippen LogP contribution in [0.2, 0.25) is 0 Å². The Kier molecular flexibility index (Phi) is 5.35. The molecule has 2 aromatic rings. The molecule has 0 saturated carbocycles. The van der Waals surface area contributed by atoms with Gasteiger partial charge in [-0.05, 0) is 43.7 Å². The maximum absolute atomic E-state index is 12.5. The standard InChI is InChI=1S/C21H29N5O2/c1-16-23-19(24-28-16)18-14-21(15-25(18)2)9-12-26(13-10-21)20(27)22-11-8-17-6-4-3-5-7-17/h3-7,18H,8-15H2,1-2H3,(H,22,27). The molecule has 2 saturated heterocycles. The second kappa shape index (κ2) is 7.91. The predicted molar refractivity (Wildman–Crippen MR) is 106 cm³/mol. The number of hydrogen-bond acceptors (Lipinski definition) is 5. The number of likely N-dealkylation sites (tertiary alicyclic amines) is 2. The summed E-state index contributed by atoms with van der Waals surface area (Å²) in [5.74, 6) is 1.41. The number of nitrogens with one attached hydrogen (secondary N) is 1. The molecule has 1 aromatic heterocycles. The fourth-order valence-electron chi connectivity index (χ4n) is 4.63. The van der Waals surface area contributed by atoms with Crippen LogP contribution in [-0.4, -0.2) is 59.2 Å². The van der Waals surface area contributed by atoms with E-state index in [-0.39, 0.29) is 17.5 Å². The molecule has 7 nitrogen and oxygen atoms in total. The molecule has 1 N–H and O–H groups in total. The molecule has 2 amide bonds. The fraction of sp³-hybridized carbons (Fsp3) is 0.571. The molecule has 1 unspecified atom stereocenters. The Morgan fingerprint density at radius 2 is 2.04 bits per heavy atom. The summed E-state index contributed by atoms with van der Waals surface area (Å²) in [6, 6.07) is 10.5. The minimum absolute atomic E-state index is 0.0578. The van der Waals surface area contributed by atoms with Crippen molar-refractivity contribution in [1.29, 1.82) is 0 Å². The van der Waals surface area contributed by atoms with Gasteiger partial charge in [0, 0.05) is 33.1 Å². The minimum Gasteiger partial charge on any atom is -0.340 e. The minimum atomic E-state index is 0.0578. The zero-order chi connectivity index (χ0) is 19.6. The fourth-order valence-corrected chi connectivity index (χ4v) is 4.63. The summed E-state index contributed by atoms with van der Waals surface area (Å²) in [4.78, 5) is 21.2. The van der Waals surface area contributed by atoms with E-state index >= 15 is 0 Å². The van der Waals surface area contributed by atoms with E-state index < -0.39 is 0 Å². The third-order valence-corrected chi connectivity index (χ3v) is 6.23. The molecule has 1 atom stereocenters. The molecule has 3 heterocycles. The van der Waals surface area contributed by atoms with Crippen LogP contribution < -0.4 is 5.32 Å². The van der Waals surface area contributed by atoms with E-state index in [4.69, 9.17) is 4.52 Å². The topological polar surface area (TPSA) is 74.5 Å². The first-order valence-corrected chi connectivity index (χ1v) is 10.1. The van der Waals surface area contributed by atoms with E-state index in [0.29, 0.717) is 12.4 Å². The maximum atomic E-state index is 12.5. The molecule has 4 rings (SSSR count). The molecule has 1 aromatic carbocycles. The number of carbonyl (C=O) groups is 1. The number of aryl methyl sites for hydroxylation is 1. The summed E-state index contributed by atoms with van der Waals surface area (Å²) in [5.41, 5.74) is 1.49. The maximum Gasteiger partial charge on any atom is 0.317 e. The van der Waals surface area contributed by atoms with Crippen LogP contribution >= 0.6 is 0 Å². The van der Waals surface area contributed by atoms with Gasteiger partial charge < -0.3 is 14.7 Å². The van der Waals surface area contributed by atoms with Gasteiger partial charge in [-0.3, -0.25) is 4.90 Å². The van der Waals surface area contributed by atoms with Crippen molar-refractivity contribution in [2.75, 3.05) is 33.2 Å². The summed E-state index contributed by atoms with van der Waals surface area (Å²) in [5, 5.41) is 7.20. The highest BCUT2D eigenvalue weighted by Gasteiger charge is 2.46. The van der Waals surface area contributed by atoms with E-state index in [1.165, 1.54) is 5.56 Å². The molecule has 150 valence electrons. The Morgan fingerprint density at radius 3 is 2.71 bits per heavy atom. The van der Waals surface area contributed by atoms with Gasteiger partial charge in [0.25, 0.3) is 0 Å². The molecule has 2 aliphatic heterocycles. The average molecular weight is 383 g/mol. The van der Waals surface area contributed by atoms with Gasteiger partial charge in [-0.25, -0.2) is 4.79 Å². The van der Waals surface area contributed by atoms with Gasteiger partial charge in [0.2, 0.25) is 5.89 Å². The zero-order valence-corrected chi connectivity index (χ0v) is 16.7. The Bertz CT molecular complexity index is 798. The van der Waals surface area contributed by atoms with E-state index in [1.807, 2.05) is 30.0 Å². The highest BCUT2D eigenvalue weighted by molar-refractivity contribution is 5.74. The number of hydrogen-bond donors (Lipinski definition) is 1. The number of amides is 2. The van der Waals surface area contributed by atoms with Crippen LogP contribution in [-0.2, 0) is 6.42 Å². The van der Waals surface area contributed by atoms with Crippen molar-refractivity contribution >= 4 is 6.03 Å². The second-order valence-electron chi connectivity index (χ2n) is 8.26. The van der Waals surface area contributed by atoms with Gasteiger partial charge in [-0.2, -0.15) is 4.98 Å². The van der Waals surface area contributed by atoms with Gasteiger partial charge in [-0.1, -0.05) is 35.5 Å². The summed E-state index contributed by atoms with van der Waals surface area (Å²) in [6.45, 7) is 5.14. The number of nitrogens with zero attached hydrogens (tertiary/aromatic N) is 4. The van der Waals surface area contributed by atoms with Gasteiger partial charge in [0.05, 0.1) is 6.04 Å². The molecule has 2 aliphatic rings. The molecule has 0 aliphatic carbocycles. The molecule has 7 heteroatoms. The largest absolute Gasteiger partial charge is 0.340 e. The van der Waals surface area contributed by atoms with Crippen molar-refractivity contribution in [3.63, 3.8) is 0 Å². The van der Waals surface area contributed by atoms with E-state index in [1.54, 1.807) is 0 Å². The van der Waals surface area contributed by atoms with Crippen molar-refractivity contribution in [2.24, 2.45) is 5.41 Å². The van der Waals surface area contributed by atoms with Crippen LogP contribution in [0.1, 0.15) is 42.6 Å². The lowest BCUT2D eigenvalue weighted by Gasteiger charge is -2.39. The Hall–Kier alpha value is -2.41. The predicted octanol–water partition coefficient (Wildman–Crippen LogP) is 2.79. The zero-order valence-electron chi connectivity index (χ0n) is 16.7. The summed E-state index contributed by atoms with van der Waals surface area (Å²) < 4.78 is 5.17. The molecule has 2 fully saturated rings. The molecule has 1 spiro atoms. The van der Waals surface area contributed by atoms with Gasteiger partial charge in [0.15, 0.2) is 5.82 Å². The molecule has 28 heavy (non-hydrogen) atoms. The Balaban J connectivity index is 1.26. The van der Waals surface area contributed by atoms with Crippen molar-refractivity contribution in [1.82, 2.24) is 25.3 Å². The Labute approximate surface area is 166 Å². The normalized spacial score (nSPS) is 21.9. The van der Waals surface area contributed by atoms with Crippen LogP contribution in [0.4, 0.5) is 4.79 Å². The van der Waals surface area contributed by atoms with Crippen LogP contribution in [0.25, 0.3) is 0 Å². The van der Waals surface area contributed by atoms with Crippen LogP contribution in [0.5, 0.6) is 0 Å². The summed E-state index contributed by atoms with van der Waals surface area (Å²) in [7, 11) is 2.13. The summed E-state index contributed by atoms with van der Waals surface area (Å²) in [6.07, 6.45) is 3.94. The molecular formula is C21H29N5O2. The van der Waals surface area contributed by atoms with Crippen molar-refractivity contribution in [2.45, 2.75) is 38.6 Å². The quantitative estimate of drug-likeness (QED) is 0.879. The first kappa shape index (κ1) is 18.9. The second-order valence-corrected chi connectivity index (χ2v) is 8.26. The van der Waals surface area contributed by atoms with Crippen molar-refractivity contribution in [3.8, 4) is 0 Å². The lowest BCUT2D eigenvalue weighted by molar-refractivity contribution is 0.122. The van der Waals surface area contributed by atoms with E-state index in [2.05, 4.69) is 39.5 Å². The lowest BCUT2D eigenvalue weighted by atomic mass is 9.76. The molecule has 0 radical (unpaired) electrons. The van der Waals surface area contributed by atoms with E-state index in [0.717, 1.165) is 51.1 Å². The van der Waals surface area contributed by atoms with Gasteiger partial charge in [0.1, 0.15) is 0 Å². The summed E-state index contributed by atoms with van der Waals surface area (Å²) >= 11 is 0. The third kappa shape index (κ3) is 4.04. The lowest BCUT2D eigenvalue weighted by Crippen LogP contribution is -2.48. The number of benzene rings is 1. The first-order chi connectivity index (χ1) is 13.5. The number of aromatic nitrogens is 2. The van der Waals surface area contributed by atoms with Crippen molar-refractivity contribution < 1.29 is 9.32 Å². The highest BCUT2D eigenvalue weighted by atomic mass is 16.5. The monoisotopic (exact) mass is 383 g/mol. The van der Waals surface area contributed by atoms with Crippen LogP contribution in [0, 0.1) is 12.3 Å². The average Bonchev–Trinajstić information content (AvgIpc) is 3.26. The van der Waals surface area contributed by atoms with Gasteiger partial charge in [-0.15, -0.1) is 0 Å². The Morgan fingerprint density at radius 1 is 1.29 bits per heavy atom. The third-order valence-electron chi connectivity index (χ3n) is 6.23. The number of rotatable bonds is 4. The molecule has 0 bridgehead atoms. The number of urea groups is 1. The first-order valence-electron chi connectivity index (χ1n) is 10.1. The van der Waals surface area contributed by atoms with Crippen LogP contribution in [0.15, 0.2) is 34.9 Å². The van der Waals surface area contributed by atoms with Crippen LogP contribution in [0.3, 0.4) is 0 Å². The molecular weight excluding hydrogens is 354 g/mol. The van der Waals surface area contributed by atoms with Gasteiger partial charge >= 0.3 is 6.03 Å². The number of carbonyl (C=O) groups excluding carboxylic acids is 1. The number of piperidine rings is 1. The van der Waals surface area contributed by atoms with Crippen molar-refractivity contribution in [3.05, 3.63) is 47.6 Å². The highest BCUT2D eigenvalue weighted by Crippen LogP contribution is 2.47. The van der Waals surface area contributed by atoms with E-state index in [9.17, 15) is 4.79 Å².